The standard InChI is InChI=1S/C11H19N3/c1-10-5-3-6-11(14-10)9-13-8-4-7-12-2/h3,5-6,12-13H,4,7-9H2,1-2H3. The van der Waals surface area contributed by atoms with Crippen molar-refractivity contribution in [3.05, 3.63) is 29.6 Å². The fourth-order valence-corrected chi connectivity index (χ4v) is 1.30. The van der Waals surface area contributed by atoms with E-state index in [9.17, 15) is 0 Å². The number of rotatable bonds is 6. The van der Waals surface area contributed by atoms with E-state index in [1.165, 1.54) is 0 Å². The molecule has 0 amide bonds. The Hall–Kier alpha value is -0.930. The van der Waals surface area contributed by atoms with Crippen molar-refractivity contribution in [2.45, 2.75) is 19.9 Å². The Morgan fingerprint density at radius 2 is 2.14 bits per heavy atom. The molecule has 0 aliphatic carbocycles. The molecule has 78 valence electrons. The van der Waals surface area contributed by atoms with Crippen LogP contribution in [0.1, 0.15) is 17.8 Å². The minimum atomic E-state index is 0.866. The van der Waals surface area contributed by atoms with E-state index in [1.807, 2.05) is 26.1 Å². The van der Waals surface area contributed by atoms with Gasteiger partial charge in [0.25, 0.3) is 0 Å². The molecular formula is C11H19N3. The highest BCUT2D eigenvalue weighted by molar-refractivity contribution is 5.09. The van der Waals surface area contributed by atoms with Gasteiger partial charge in [-0.05, 0) is 45.6 Å². The molecule has 0 atom stereocenters. The Labute approximate surface area is 85.9 Å². The summed E-state index contributed by atoms with van der Waals surface area (Å²) in [5.41, 5.74) is 2.20. The first-order chi connectivity index (χ1) is 6.83. The molecule has 0 fully saturated rings. The average molecular weight is 193 g/mol. The van der Waals surface area contributed by atoms with Gasteiger partial charge in [0.2, 0.25) is 0 Å². The van der Waals surface area contributed by atoms with Gasteiger partial charge in [0, 0.05) is 12.2 Å². The van der Waals surface area contributed by atoms with Crippen LogP contribution in [0.15, 0.2) is 18.2 Å². The average Bonchev–Trinajstić information content (AvgIpc) is 2.18. The molecule has 1 rings (SSSR count). The zero-order valence-electron chi connectivity index (χ0n) is 9.01. The summed E-state index contributed by atoms with van der Waals surface area (Å²) in [5.74, 6) is 0. The van der Waals surface area contributed by atoms with Crippen LogP contribution in [0, 0.1) is 6.92 Å². The number of hydrogen-bond donors (Lipinski definition) is 2. The van der Waals surface area contributed by atoms with Crippen LogP contribution in [-0.4, -0.2) is 25.1 Å². The van der Waals surface area contributed by atoms with Crippen molar-refractivity contribution >= 4 is 0 Å². The summed E-state index contributed by atoms with van der Waals surface area (Å²) in [6.45, 7) is 4.99. The first-order valence-electron chi connectivity index (χ1n) is 5.11. The lowest BCUT2D eigenvalue weighted by Gasteiger charge is -2.04. The van der Waals surface area contributed by atoms with Gasteiger partial charge >= 0.3 is 0 Å². The summed E-state index contributed by atoms with van der Waals surface area (Å²) < 4.78 is 0. The number of aryl methyl sites for hydroxylation is 1. The van der Waals surface area contributed by atoms with Gasteiger partial charge in [0.1, 0.15) is 0 Å². The van der Waals surface area contributed by atoms with Gasteiger partial charge in [-0.3, -0.25) is 4.98 Å². The molecule has 0 radical (unpaired) electrons. The van der Waals surface area contributed by atoms with Gasteiger partial charge in [-0.25, -0.2) is 0 Å². The fraction of sp³-hybridized carbons (Fsp3) is 0.545. The Kier molecular flexibility index (Phi) is 5.19. The normalized spacial score (nSPS) is 10.4. The topological polar surface area (TPSA) is 37.0 Å². The molecule has 3 heteroatoms. The summed E-state index contributed by atoms with van der Waals surface area (Å²) in [5, 5.41) is 6.48. The molecule has 0 aliphatic rings. The minimum absolute atomic E-state index is 0.866. The summed E-state index contributed by atoms with van der Waals surface area (Å²) in [4.78, 5) is 4.41. The van der Waals surface area contributed by atoms with E-state index < -0.39 is 0 Å². The first-order valence-corrected chi connectivity index (χ1v) is 5.11. The van der Waals surface area contributed by atoms with Crippen LogP contribution in [0.2, 0.25) is 0 Å². The number of nitrogens with zero attached hydrogens (tertiary/aromatic N) is 1. The SMILES string of the molecule is CNCCCNCc1cccc(C)n1. The van der Waals surface area contributed by atoms with Crippen molar-refractivity contribution in [3.63, 3.8) is 0 Å². The van der Waals surface area contributed by atoms with E-state index in [0.717, 1.165) is 37.4 Å². The zero-order valence-corrected chi connectivity index (χ0v) is 9.01. The van der Waals surface area contributed by atoms with Crippen LogP contribution in [0.25, 0.3) is 0 Å². The lowest BCUT2D eigenvalue weighted by Crippen LogP contribution is -2.19. The van der Waals surface area contributed by atoms with Crippen molar-refractivity contribution in [3.8, 4) is 0 Å². The summed E-state index contributed by atoms with van der Waals surface area (Å²) in [6.07, 6.45) is 1.16. The van der Waals surface area contributed by atoms with Crippen LogP contribution < -0.4 is 10.6 Å². The molecule has 14 heavy (non-hydrogen) atoms. The van der Waals surface area contributed by atoms with Crippen LogP contribution >= 0.6 is 0 Å². The second kappa shape index (κ2) is 6.51. The number of hydrogen-bond acceptors (Lipinski definition) is 3. The van der Waals surface area contributed by atoms with Crippen molar-refractivity contribution < 1.29 is 0 Å². The predicted molar refractivity (Wildman–Crippen MR) is 59.2 cm³/mol. The molecule has 2 N–H and O–H groups in total. The highest BCUT2D eigenvalue weighted by Crippen LogP contribution is 1.96. The molecule has 0 bridgehead atoms. The molecule has 0 aromatic carbocycles. The van der Waals surface area contributed by atoms with E-state index in [-0.39, 0.29) is 0 Å². The molecule has 0 unspecified atom stereocenters. The third-order valence-corrected chi connectivity index (χ3v) is 2.03. The Bertz CT molecular complexity index is 260. The van der Waals surface area contributed by atoms with Gasteiger partial charge in [0.05, 0.1) is 5.69 Å². The zero-order chi connectivity index (χ0) is 10.2. The Morgan fingerprint density at radius 3 is 2.86 bits per heavy atom. The van der Waals surface area contributed by atoms with E-state index in [0.29, 0.717) is 0 Å². The molecule has 1 aromatic rings. The van der Waals surface area contributed by atoms with Gasteiger partial charge in [-0.15, -0.1) is 0 Å². The first kappa shape index (κ1) is 11.1. The van der Waals surface area contributed by atoms with Gasteiger partial charge in [-0.1, -0.05) is 6.07 Å². The van der Waals surface area contributed by atoms with Gasteiger partial charge < -0.3 is 10.6 Å². The molecular weight excluding hydrogens is 174 g/mol. The highest BCUT2D eigenvalue weighted by Gasteiger charge is 1.93. The highest BCUT2D eigenvalue weighted by atomic mass is 14.9. The van der Waals surface area contributed by atoms with E-state index in [4.69, 9.17) is 0 Å². The van der Waals surface area contributed by atoms with Gasteiger partial charge in [0.15, 0.2) is 0 Å². The lowest BCUT2D eigenvalue weighted by molar-refractivity contribution is 0.618. The van der Waals surface area contributed by atoms with Crippen molar-refractivity contribution in [2.75, 3.05) is 20.1 Å². The number of pyridine rings is 1. The molecule has 1 aromatic heterocycles. The van der Waals surface area contributed by atoms with Crippen LogP contribution in [0.3, 0.4) is 0 Å². The van der Waals surface area contributed by atoms with Crippen LogP contribution in [-0.2, 0) is 6.54 Å². The van der Waals surface area contributed by atoms with E-state index >= 15 is 0 Å². The lowest BCUT2D eigenvalue weighted by atomic mass is 10.3. The fourth-order valence-electron chi connectivity index (χ4n) is 1.30. The van der Waals surface area contributed by atoms with E-state index in [1.54, 1.807) is 0 Å². The molecule has 0 saturated carbocycles. The Morgan fingerprint density at radius 1 is 1.29 bits per heavy atom. The minimum Gasteiger partial charge on any atom is -0.320 e. The smallest absolute Gasteiger partial charge is 0.0544 e. The molecule has 0 spiro atoms. The van der Waals surface area contributed by atoms with Crippen LogP contribution in [0.5, 0.6) is 0 Å². The Balaban J connectivity index is 2.18. The maximum Gasteiger partial charge on any atom is 0.0544 e. The molecule has 0 aliphatic heterocycles. The largest absolute Gasteiger partial charge is 0.320 e. The molecule has 0 saturated heterocycles. The third kappa shape index (κ3) is 4.35. The number of aromatic nitrogens is 1. The van der Waals surface area contributed by atoms with E-state index in [2.05, 4.69) is 21.7 Å². The monoisotopic (exact) mass is 193 g/mol. The maximum atomic E-state index is 4.41. The van der Waals surface area contributed by atoms with Gasteiger partial charge in [-0.2, -0.15) is 0 Å². The maximum absolute atomic E-state index is 4.41. The summed E-state index contributed by atoms with van der Waals surface area (Å²) in [6, 6.07) is 6.12. The van der Waals surface area contributed by atoms with Crippen molar-refractivity contribution in [1.29, 1.82) is 0 Å². The third-order valence-electron chi connectivity index (χ3n) is 2.03. The second-order valence-corrected chi connectivity index (χ2v) is 3.40. The molecule has 3 nitrogen and oxygen atoms in total. The predicted octanol–water partition coefficient (Wildman–Crippen LogP) is 1.09. The summed E-state index contributed by atoms with van der Waals surface area (Å²) >= 11 is 0. The van der Waals surface area contributed by atoms with Crippen molar-refractivity contribution in [2.24, 2.45) is 0 Å². The molecule has 1 heterocycles. The summed E-state index contributed by atoms with van der Waals surface area (Å²) in [7, 11) is 1.97. The second-order valence-electron chi connectivity index (χ2n) is 3.40. The van der Waals surface area contributed by atoms with Crippen LogP contribution in [0.4, 0.5) is 0 Å². The number of nitrogens with one attached hydrogen (secondary N) is 2. The quantitative estimate of drug-likeness (QED) is 0.664. The van der Waals surface area contributed by atoms with Crippen molar-refractivity contribution in [1.82, 2.24) is 15.6 Å².